The third-order valence-electron chi connectivity index (χ3n) is 3.20. The Morgan fingerprint density at radius 1 is 1.14 bits per heavy atom. The second-order valence-corrected chi connectivity index (χ2v) is 5.20. The van der Waals surface area contributed by atoms with Crippen molar-refractivity contribution in [2.75, 3.05) is 0 Å². The molecule has 0 unspecified atom stereocenters. The maximum absolute atomic E-state index is 12.3. The number of nitrogens with zero attached hydrogens (tertiary/aromatic N) is 2. The zero-order valence-corrected chi connectivity index (χ0v) is 12.2. The van der Waals surface area contributed by atoms with Crippen LogP contribution in [0.2, 0.25) is 5.02 Å². The first kappa shape index (κ1) is 14.3. The number of amides is 3. The molecule has 6 heteroatoms. The number of rotatable bonds is 3. The number of urea groups is 1. The van der Waals surface area contributed by atoms with Crippen molar-refractivity contribution in [2.24, 2.45) is 0 Å². The Balaban J connectivity index is 1.80. The maximum Gasteiger partial charge on any atom is 0.329 e. The van der Waals surface area contributed by atoms with E-state index in [0.717, 1.165) is 10.5 Å². The van der Waals surface area contributed by atoms with Crippen LogP contribution in [0.3, 0.4) is 0 Å². The van der Waals surface area contributed by atoms with Crippen LogP contribution in [0.15, 0.2) is 54.4 Å². The molecule has 0 saturated carbocycles. The van der Waals surface area contributed by atoms with Crippen molar-refractivity contribution in [2.45, 2.75) is 6.54 Å². The zero-order valence-electron chi connectivity index (χ0n) is 11.5. The third-order valence-corrected chi connectivity index (χ3v) is 3.45. The maximum atomic E-state index is 12.3. The Labute approximate surface area is 132 Å². The average molecular weight is 314 g/mol. The summed E-state index contributed by atoms with van der Waals surface area (Å²) in [6, 6.07) is 11.9. The van der Waals surface area contributed by atoms with E-state index in [0.29, 0.717) is 10.7 Å². The molecule has 3 rings (SSSR count). The molecule has 22 heavy (non-hydrogen) atoms. The Morgan fingerprint density at radius 3 is 2.59 bits per heavy atom. The van der Waals surface area contributed by atoms with E-state index in [4.69, 9.17) is 11.6 Å². The summed E-state index contributed by atoms with van der Waals surface area (Å²) < 4.78 is 0. The lowest BCUT2D eigenvalue weighted by Gasteiger charge is -2.11. The number of hydrogen-bond acceptors (Lipinski definition) is 3. The molecule has 1 N–H and O–H groups in total. The van der Waals surface area contributed by atoms with E-state index in [2.05, 4.69) is 10.3 Å². The van der Waals surface area contributed by atoms with Gasteiger partial charge in [-0.25, -0.2) is 4.79 Å². The first-order valence-electron chi connectivity index (χ1n) is 6.63. The summed E-state index contributed by atoms with van der Waals surface area (Å²) in [6.45, 7) is 0.196. The van der Waals surface area contributed by atoms with Crippen LogP contribution in [0.4, 0.5) is 4.79 Å². The Hall–Kier alpha value is -2.66. The van der Waals surface area contributed by atoms with Crippen LogP contribution in [-0.2, 0) is 11.3 Å². The summed E-state index contributed by atoms with van der Waals surface area (Å²) >= 11 is 5.82. The summed E-state index contributed by atoms with van der Waals surface area (Å²) in [5.41, 5.74) is 1.66. The summed E-state index contributed by atoms with van der Waals surface area (Å²) in [4.78, 5) is 29.5. The van der Waals surface area contributed by atoms with Crippen LogP contribution in [0, 0.1) is 0 Å². The molecule has 1 fully saturated rings. The summed E-state index contributed by atoms with van der Waals surface area (Å²) in [5.74, 6) is -0.370. The van der Waals surface area contributed by atoms with Crippen molar-refractivity contribution in [1.82, 2.24) is 15.2 Å². The smallest absolute Gasteiger partial charge is 0.303 e. The van der Waals surface area contributed by atoms with E-state index in [1.54, 1.807) is 48.7 Å². The molecule has 1 aromatic carbocycles. The van der Waals surface area contributed by atoms with E-state index < -0.39 is 6.03 Å². The molecular weight excluding hydrogens is 302 g/mol. The normalized spacial score (nSPS) is 16.2. The van der Waals surface area contributed by atoms with Crippen molar-refractivity contribution < 1.29 is 9.59 Å². The summed E-state index contributed by atoms with van der Waals surface area (Å²) in [6.07, 6.45) is 3.18. The number of hydrogen-bond donors (Lipinski definition) is 1. The largest absolute Gasteiger partial charge is 0.329 e. The van der Waals surface area contributed by atoms with E-state index >= 15 is 0 Å². The van der Waals surface area contributed by atoms with Gasteiger partial charge in [-0.05, 0) is 35.9 Å². The van der Waals surface area contributed by atoms with Crippen LogP contribution in [0.25, 0.3) is 6.08 Å². The highest BCUT2D eigenvalue weighted by Crippen LogP contribution is 2.17. The molecule has 1 aromatic heterocycles. The average Bonchev–Trinajstić information content (AvgIpc) is 2.78. The van der Waals surface area contributed by atoms with Crippen molar-refractivity contribution in [3.63, 3.8) is 0 Å². The standard InChI is InChI=1S/C16H12ClN3O2/c17-12-6-4-11(5-7-12)10-20-15(21)14(19-16(20)22)9-13-3-1-2-8-18-13/h1-9H,10H2,(H,19,22)/b14-9+. The molecule has 3 amide bonds. The van der Waals surface area contributed by atoms with Gasteiger partial charge in [0.2, 0.25) is 0 Å². The number of benzene rings is 1. The molecule has 5 nitrogen and oxygen atoms in total. The van der Waals surface area contributed by atoms with Crippen LogP contribution in [-0.4, -0.2) is 21.8 Å². The number of carbonyl (C=O) groups is 2. The number of halogens is 1. The van der Waals surface area contributed by atoms with E-state index in [-0.39, 0.29) is 18.1 Å². The topological polar surface area (TPSA) is 62.3 Å². The summed E-state index contributed by atoms with van der Waals surface area (Å²) in [7, 11) is 0. The number of pyridine rings is 1. The highest BCUT2D eigenvalue weighted by Gasteiger charge is 2.33. The quantitative estimate of drug-likeness (QED) is 0.700. The molecular formula is C16H12ClN3O2. The lowest BCUT2D eigenvalue weighted by molar-refractivity contribution is -0.123. The lowest BCUT2D eigenvalue weighted by Crippen LogP contribution is -2.30. The van der Waals surface area contributed by atoms with Crippen LogP contribution in [0.5, 0.6) is 0 Å². The van der Waals surface area contributed by atoms with Gasteiger partial charge in [0.15, 0.2) is 0 Å². The minimum Gasteiger partial charge on any atom is -0.303 e. The first-order valence-corrected chi connectivity index (χ1v) is 7.01. The van der Waals surface area contributed by atoms with Crippen LogP contribution < -0.4 is 5.32 Å². The van der Waals surface area contributed by atoms with Gasteiger partial charge in [0.1, 0.15) is 5.70 Å². The molecule has 1 aliphatic rings. The van der Waals surface area contributed by atoms with E-state index in [1.807, 2.05) is 6.07 Å². The fraction of sp³-hybridized carbons (Fsp3) is 0.0625. The minimum absolute atomic E-state index is 0.196. The first-order chi connectivity index (χ1) is 10.6. The van der Waals surface area contributed by atoms with Gasteiger partial charge in [-0.15, -0.1) is 0 Å². The second-order valence-electron chi connectivity index (χ2n) is 4.76. The van der Waals surface area contributed by atoms with Crippen LogP contribution in [0.1, 0.15) is 11.3 Å². The van der Waals surface area contributed by atoms with Gasteiger partial charge in [-0.3, -0.25) is 14.7 Å². The highest BCUT2D eigenvalue weighted by atomic mass is 35.5. The SMILES string of the molecule is O=C1N/C(=C/c2ccccn2)C(=O)N1Cc1ccc(Cl)cc1. The van der Waals surface area contributed by atoms with E-state index in [1.165, 1.54) is 0 Å². The van der Waals surface area contributed by atoms with Crippen molar-refractivity contribution in [3.05, 3.63) is 70.6 Å². The van der Waals surface area contributed by atoms with Gasteiger partial charge in [0.05, 0.1) is 12.2 Å². The summed E-state index contributed by atoms with van der Waals surface area (Å²) in [5, 5.41) is 3.17. The molecule has 0 radical (unpaired) electrons. The van der Waals surface area contributed by atoms with Crippen molar-refractivity contribution in [1.29, 1.82) is 0 Å². The Bertz CT molecular complexity index is 742. The Kier molecular flexibility index (Phi) is 3.89. The number of aromatic nitrogens is 1. The molecule has 1 aliphatic heterocycles. The van der Waals surface area contributed by atoms with E-state index in [9.17, 15) is 9.59 Å². The van der Waals surface area contributed by atoms with Gasteiger partial charge in [-0.1, -0.05) is 29.8 Å². The van der Waals surface area contributed by atoms with Gasteiger partial charge in [-0.2, -0.15) is 0 Å². The number of nitrogens with one attached hydrogen (secondary N) is 1. The fourth-order valence-corrected chi connectivity index (χ4v) is 2.22. The molecule has 2 aromatic rings. The van der Waals surface area contributed by atoms with Gasteiger partial charge in [0, 0.05) is 11.2 Å². The number of imide groups is 1. The predicted octanol–water partition coefficient (Wildman–Crippen LogP) is 2.83. The fourth-order valence-electron chi connectivity index (χ4n) is 2.10. The second kappa shape index (κ2) is 5.99. The van der Waals surface area contributed by atoms with Crippen molar-refractivity contribution >= 4 is 29.6 Å². The molecule has 2 heterocycles. The molecule has 0 bridgehead atoms. The van der Waals surface area contributed by atoms with Crippen molar-refractivity contribution in [3.8, 4) is 0 Å². The van der Waals surface area contributed by atoms with Gasteiger partial charge >= 0.3 is 6.03 Å². The molecule has 0 spiro atoms. The van der Waals surface area contributed by atoms with Crippen LogP contribution >= 0.6 is 11.6 Å². The Morgan fingerprint density at radius 2 is 1.91 bits per heavy atom. The highest BCUT2D eigenvalue weighted by molar-refractivity contribution is 6.30. The van der Waals surface area contributed by atoms with Gasteiger partial charge < -0.3 is 5.32 Å². The monoisotopic (exact) mass is 313 g/mol. The molecule has 110 valence electrons. The molecule has 1 saturated heterocycles. The zero-order chi connectivity index (χ0) is 15.5. The number of carbonyl (C=O) groups excluding carboxylic acids is 2. The molecule has 0 atom stereocenters. The lowest BCUT2D eigenvalue weighted by atomic mass is 10.2. The minimum atomic E-state index is -0.442. The third kappa shape index (κ3) is 2.99. The predicted molar refractivity (Wildman–Crippen MR) is 82.7 cm³/mol. The van der Waals surface area contributed by atoms with Gasteiger partial charge in [0.25, 0.3) is 5.91 Å². The molecule has 0 aliphatic carbocycles.